The fourth-order valence-electron chi connectivity index (χ4n) is 3.20. The maximum atomic E-state index is 12.5. The number of carbonyl (C=O) groups excluding carboxylic acids is 1. The van der Waals surface area contributed by atoms with Crippen LogP contribution in [0.5, 0.6) is 0 Å². The van der Waals surface area contributed by atoms with Crippen molar-refractivity contribution in [2.24, 2.45) is 0 Å². The molecule has 1 atom stereocenters. The number of rotatable bonds is 5. The summed E-state index contributed by atoms with van der Waals surface area (Å²) in [4.78, 5) is 20.4. The van der Waals surface area contributed by atoms with Gasteiger partial charge in [-0.3, -0.25) is 4.79 Å². The second-order valence-electron chi connectivity index (χ2n) is 6.07. The van der Waals surface area contributed by atoms with Gasteiger partial charge in [0.2, 0.25) is 0 Å². The molecule has 1 amide bonds. The van der Waals surface area contributed by atoms with Crippen LogP contribution in [0.15, 0.2) is 53.4 Å². The Balaban J connectivity index is 1.37. The van der Waals surface area contributed by atoms with E-state index in [1.54, 1.807) is 22.7 Å². The topological polar surface area (TPSA) is 45.2 Å². The molecule has 2 aromatic heterocycles. The molecule has 0 saturated carbocycles. The monoisotopic (exact) mass is 369 g/mol. The quantitative estimate of drug-likeness (QED) is 0.730. The average molecular weight is 370 g/mol. The van der Waals surface area contributed by atoms with Gasteiger partial charge in [0.05, 0.1) is 0 Å². The van der Waals surface area contributed by atoms with Crippen LogP contribution in [0.2, 0.25) is 0 Å². The van der Waals surface area contributed by atoms with E-state index < -0.39 is 0 Å². The van der Waals surface area contributed by atoms with Gasteiger partial charge >= 0.3 is 0 Å². The minimum absolute atomic E-state index is 0.0104. The summed E-state index contributed by atoms with van der Waals surface area (Å²) in [5.41, 5.74) is 1.86. The number of aromatic nitrogens is 1. The molecule has 1 saturated heterocycles. The van der Waals surface area contributed by atoms with Crippen LogP contribution in [-0.4, -0.2) is 30.0 Å². The maximum Gasteiger partial charge on any atom is 0.251 e. The third-order valence-electron chi connectivity index (χ3n) is 4.49. The number of benzene rings is 1. The lowest BCUT2D eigenvalue weighted by Gasteiger charge is -2.24. The highest BCUT2D eigenvalue weighted by molar-refractivity contribution is 7.13. The zero-order valence-corrected chi connectivity index (χ0v) is 15.4. The van der Waals surface area contributed by atoms with Gasteiger partial charge in [0.25, 0.3) is 5.91 Å². The highest BCUT2D eigenvalue weighted by atomic mass is 32.1. The van der Waals surface area contributed by atoms with E-state index in [1.165, 1.54) is 4.88 Å². The normalized spacial score (nSPS) is 17.0. The van der Waals surface area contributed by atoms with Crippen LogP contribution in [0.25, 0.3) is 10.4 Å². The van der Waals surface area contributed by atoms with Crippen LogP contribution in [0.4, 0.5) is 5.13 Å². The largest absolute Gasteiger partial charge is 0.350 e. The van der Waals surface area contributed by atoms with Crippen LogP contribution in [-0.2, 0) is 0 Å². The van der Waals surface area contributed by atoms with Crippen molar-refractivity contribution in [2.75, 3.05) is 18.0 Å². The number of anilines is 1. The third-order valence-corrected chi connectivity index (χ3v) is 6.22. The van der Waals surface area contributed by atoms with Gasteiger partial charge in [-0.05, 0) is 42.0 Å². The SMILES string of the molecule is O=C(NCC1CCCN1c1nccs1)c1ccc(-c2cccs2)cc1. The molecular weight excluding hydrogens is 350 g/mol. The van der Waals surface area contributed by atoms with Crippen molar-refractivity contribution >= 4 is 33.7 Å². The lowest BCUT2D eigenvalue weighted by atomic mass is 10.1. The zero-order chi connectivity index (χ0) is 17.1. The number of carbonyl (C=O) groups is 1. The van der Waals surface area contributed by atoms with E-state index in [4.69, 9.17) is 0 Å². The lowest BCUT2D eigenvalue weighted by molar-refractivity contribution is 0.0951. The molecule has 1 aliphatic heterocycles. The standard InChI is InChI=1S/C19H19N3OS2/c23-18(15-7-5-14(6-8-15)17-4-2-11-24-17)21-13-16-3-1-10-22(16)19-20-9-12-25-19/h2,4-9,11-12,16H,1,3,10,13H2,(H,21,23). The summed E-state index contributed by atoms with van der Waals surface area (Å²) < 4.78 is 0. The minimum Gasteiger partial charge on any atom is -0.350 e. The molecule has 3 heterocycles. The average Bonchev–Trinajstić information content (AvgIpc) is 3.41. The van der Waals surface area contributed by atoms with Gasteiger partial charge in [0, 0.05) is 41.1 Å². The molecule has 1 aromatic carbocycles. The number of amides is 1. The van der Waals surface area contributed by atoms with Crippen molar-refractivity contribution in [3.05, 3.63) is 58.9 Å². The highest BCUT2D eigenvalue weighted by Crippen LogP contribution is 2.27. The van der Waals surface area contributed by atoms with E-state index in [-0.39, 0.29) is 5.91 Å². The van der Waals surface area contributed by atoms with E-state index in [9.17, 15) is 4.79 Å². The molecule has 6 heteroatoms. The second kappa shape index (κ2) is 7.37. The summed E-state index contributed by atoms with van der Waals surface area (Å²) in [5, 5.41) is 8.20. The summed E-state index contributed by atoms with van der Waals surface area (Å²) >= 11 is 3.36. The molecule has 4 rings (SSSR count). The Labute approximate surface area is 155 Å². The predicted molar refractivity (Wildman–Crippen MR) is 105 cm³/mol. The predicted octanol–water partition coefficient (Wildman–Crippen LogP) is 4.27. The van der Waals surface area contributed by atoms with Gasteiger partial charge in [-0.25, -0.2) is 4.98 Å². The van der Waals surface area contributed by atoms with Crippen molar-refractivity contribution in [3.8, 4) is 10.4 Å². The van der Waals surface area contributed by atoms with Crippen molar-refractivity contribution in [1.82, 2.24) is 10.3 Å². The fourth-order valence-corrected chi connectivity index (χ4v) is 4.67. The van der Waals surface area contributed by atoms with Crippen molar-refractivity contribution in [3.63, 3.8) is 0 Å². The Kier molecular flexibility index (Phi) is 4.81. The van der Waals surface area contributed by atoms with Crippen molar-refractivity contribution in [2.45, 2.75) is 18.9 Å². The molecule has 1 unspecified atom stereocenters. The summed E-state index contributed by atoms with van der Waals surface area (Å²) in [5.74, 6) is -0.0104. The molecule has 1 N–H and O–H groups in total. The molecule has 1 fully saturated rings. The Morgan fingerprint density at radius 1 is 1.20 bits per heavy atom. The molecule has 25 heavy (non-hydrogen) atoms. The van der Waals surface area contributed by atoms with Crippen LogP contribution >= 0.6 is 22.7 Å². The Morgan fingerprint density at radius 2 is 2.08 bits per heavy atom. The summed E-state index contributed by atoms with van der Waals surface area (Å²) in [6.07, 6.45) is 4.08. The van der Waals surface area contributed by atoms with Gasteiger partial charge in [-0.15, -0.1) is 22.7 Å². The lowest BCUT2D eigenvalue weighted by Crippen LogP contribution is -2.40. The molecule has 0 bridgehead atoms. The fraction of sp³-hybridized carbons (Fsp3) is 0.263. The Morgan fingerprint density at radius 3 is 2.80 bits per heavy atom. The van der Waals surface area contributed by atoms with E-state index in [0.29, 0.717) is 18.2 Å². The number of thiazole rings is 1. The molecular formula is C19H19N3OS2. The van der Waals surface area contributed by atoms with Crippen molar-refractivity contribution < 1.29 is 4.79 Å². The maximum absolute atomic E-state index is 12.5. The molecule has 0 spiro atoms. The molecule has 0 aliphatic carbocycles. The smallest absolute Gasteiger partial charge is 0.251 e. The Bertz CT molecular complexity index is 813. The first-order chi connectivity index (χ1) is 12.3. The van der Waals surface area contributed by atoms with Gasteiger partial charge in [-0.1, -0.05) is 18.2 Å². The van der Waals surface area contributed by atoms with E-state index in [0.717, 1.165) is 30.1 Å². The van der Waals surface area contributed by atoms with Gasteiger partial charge in [-0.2, -0.15) is 0 Å². The molecule has 1 aliphatic rings. The van der Waals surface area contributed by atoms with E-state index in [1.807, 2.05) is 41.9 Å². The van der Waals surface area contributed by atoms with Crippen molar-refractivity contribution in [1.29, 1.82) is 0 Å². The number of hydrogen-bond acceptors (Lipinski definition) is 5. The van der Waals surface area contributed by atoms with E-state index in [2.05, 4.69) is 26.6 Å². The van der Waals surface area contributed by atoms with Gasteiger partial charge in [0.1, 0.15) is 0 Å². The zero-order valence-electron chi connectivity index (χ0n) is 13.7. The first-order valence-corrected chi connectivity index (χ1v) is 10.2. The highest BCUT2D eigenvalue weighted by Gasteiger charge is 2.26. The van der Waals surface area contributed by atoms with Crippen LogP contribution in [0, 0.1) is 0 Å². The number of nitrogens with zero attached hydrogens (tertiary/aromatic N) is 2. The van der Waals surface area contributed by atoms with Crippen LogP contribution in [0.3, 0.4) is 0 Å². The molecule has 3 aromatic rings. The van der Waals surface area contributed by atoms with Crippen LogP contribution < -0.4 is 10.2 Å². The molecule has 0 radical (unpaired) electrons. The summed E-state index contributed by atoms with van der Waals surface area (Å²) in [7, 11) is 0. The number of thiophene rings is 1. The third kappa shape index (κ3) is 3.60. The summed E-state index contributed by atoms with van der Waals surface area (Å²) in [6.45, 7) is 1.68. The van der Waals surface area contributed by atoms with Crippen LogP contribution in [0.1, 0.15) is 23.2 Å². The first kappa shape index (κ1) is 16.3. The Hall–Kier alpha value is -2.18. The first-order valence-electron chi connectivity index (χ1n) is 8.39. The minimum atomic E-state index is -0.0104. The summed E-state index contributed by atoms with van der Waals surface area (Å²) in [6, 6.07) is 12.3. The second-order valence-corrected chi connectivity index (χ2v) is 7.89. The number of hydrogen-bond donors (Lipinski definition) is 1. The molecule has 4 nitrogen and oxygen atoms in total. The van der Waals surface area contributed by atoms with Gasteiger partial charge in [0.15, 0.2) is 5.13 Å². The molecule has 128 valence electrons. The number of nitrogens with one attached hydrogen (secondary N) is 1. The van der Waals surface area contributed by atoms with Gasteiger partial charge < -0.3 is 10.2 Å². The van der Waals surface area contributed by atoms with E-state index >= 15 is 0 Å².